The van der Waals surface area contributed by atoms with E-state index in [9.17, 15) is 0 Å². The molecule has 1 saturated carbocycles. The van der Waals surface area contributed by atoms with Crippen LogP contribution in [-0.4, -0.2) is 27.1 Å². The molecule has 2 aromatic heterocycles. The first-order chi connectivity index (χ1) is 11.8. The summed E-state index contributed by atoms with van der Waals surface area (Å²) >= 11 is 0. The van der Waals surface area contributed by atoms with Gasteiger partial charge in [-0.25, -0.2) is 9.97 Å². The minimum Gasteiger partial charge on any atom is -0.314 e. The summed E-state index contributed by atoms with van der Waals surface area (Å²) < 4.78 is 2.45. The Morgan fingerprint density at radius 1 is 1.12 bits per heavy atom. The summed E-state index contributed by atoms with van der Waals surface area (Å²) in [6.07, 6.45) is 13.9. The number of hydrogen-bond acceptors (Lipinski definition) is 3. The van der Waals surface area contributed by atoms with Crippen LogP contribution in [0.2, 0.25) is 0 Å². The van der Waals surface area contributed by atoms with E-state index in [0.29, 0.717) is 12.0 Å². The number of hydrogen-bond donors (Lipinski definition) is 1. The van der Waals surface area contributed by atoms with Gasteiger partial charge in [0.2, 0.25) is 0 Å². The summed E-state index contributed by atoms with van der Waals surface area (Å²) in [7, 11) is 0. The number of imidazole rings is 1. The molecule has 0 amide bonds. The van der Waals surface area contributed by atoms with E-state index in [1.54, 1.807) is 0 Å². The summed E-state index contributed by atoms with van der Waals surface area (Å²) in [5, 5.41) is 3.68. The third-order valence-corrected chi connectivity index (χ3v) is 5.84. The van der Waals surface area contributed by atoms with Crippen LogP contribution in [0.5, 0.6) is 0 Å². The Morgan fingerprint density at radius 3 is 2.75 bits per heavy atom. The van der Waals surface area contributed by atoms with Crippen LogP contribution in [0.1, 0.15) is 75.1 Å². The number of pyridine rings is 1. The molecule has 4 nitrogen and oxygen atoms in total. The van der Waals surface area contributed by atoms with Crippen LogP contribution in [0.15, 0.2) is 12.3 Å². The van der Waals surface area contributed by atoms with E-state index < -0.39 is 0 Å². The first kappa shape index (κ1) is 16.1. The highest BCUT2D eigenvalue weighted by molar-refractivity contribution is 5.72. The quantitative estimate of drug-likeness (QED) is 0.910. The average molecular weight is 326 g/mol. The molecule has 24 heavy (non-hydrogen) atoms. The molecule has 1 atom stereocenters. The van der Waals surface area contributed by atoms with Crippen molar-refractivity contribution in [1.29, 1.82) is 0 Å². The number of nitrogens with zero attached hydrogens (tertiary/aromatic N) is 3. The fourth-order valence-electron chi connectivity index (χ4n) is 4.48. The summed E-state index contributed by atoms with van der Waals surface area (Å²) in [6.45, 7) is 4.34. The van der Waals surface area contributed by atoms with Gasteiger partial charge in [-0.3, -0.25) is 0 Å². The molecular weight excluding hydrogens is 296 g/mol. The second-order valence-corrected chi connectivity index (χ2v) is 7.75. The highest BCUT2D eigenvalue weighted by Crippen LogP contribution is 2.34. The third kappa shape index (κ3) is 3.34. The van der Waals surface area contributed by atoms with Crippen molar-refractivity contribution in [3.8, 4) is 0 Å². The number of aromatic nitrogens is 3. The van der Waals surface area contributed by atoms with Crippen LogP contribution >= 0.6 is 0 Å². The molecule has 2 aliphatic rings. The smallest absolute Gasteiger partial charge is 0.160 e. The average Bonchev–Trinajstić information content (AvgIpc) is 2.99. The highest BCUT2D eigenvalue weighted by atomic mass is 15.1. The third-order valence-electron chi connectivity index (χ3n) is 5.84. The number of aryl methyl sites for hydroxylation is 2. The van der Waals surface area contributed by atoms with Gasteiger partial charge < -0.3 is 9.88 Å². The standard InChI is InChI=1S/C20H30N4/c1-15-13-18-20(22-14-15)24(12-10-17-9-5-6-11-21-17)19(23-18)16-7-3-2-4-8-16/h13-14,16-17,21H,2-12H2,1H3. The minimum absolute atomic E-state index is 0.632. The molecule has 1 aliphatic carbocycles. The van der Waals surface area contributed by atoms with Crippen molar-refractivity contribution < 1.29 is 0 Å². The molecule has 1 N–H and O–H groups in total. The Bertz CT molecular complexity index is 678. The molecule has 1 aliphatic heterocycles. The Hall–Kier alpha value is -1.42. The van der Waals surface area contributed by atoms with E-state index in [1.807, 2.05) is 6.20 Å². The van der Waals surface area contributed by atoms with Gasteiger partial charge in [0.05, 0.1) is 0 Å². The fraction of sp³-hybridized carbons (Fsp3) is 0.700. The van der Waals surface area contributed by atoms with E-state index in [0.717, 1.165) is 17.7 Å². The first-order valence-corrected chi connectivity index (χ1v) is 9.87. The van der Waals surface area contributed by atoms with Gasteiger partial charge in [0.15, 0.2) is 5.65 Å². The number of nitrogens with one attached hydrogen (secondary N) is 1. The van der Waals surface area contributed by atoms with Gasteiger partial charge in [0.25, 0.3) is 0 Å². The van der Waals surface area contributed by atoms with Crippen molar-refractivity contribution in [1.82, 2.24) is 19.9 Å². The molecule has 4 heteroatoms. The Morgan fingerprint density at radius 2 is 1.96 bits per heavy atom. The molecule has 3 heterocycles. The zero-order chi connectivity index (χ0) is 16.4. The topological polar surface area (TPSA) is 42.7 Å². The van der Waals surface area contributed by atoms with Crippen molar-refractivity contribution in [2.75, 3.05) is 6.54 Å². The molecule has 2 fully saturated rings. The lowest BCUT2D eigenvalue weighted by molar-refractivity contribution is 0.359. The zero-order valence-electron chi connectivity index (χ0n) is 14.9. The summed E-state index contributed by atoms with van der Waals surface area (Å²) in [4.78, 5) is 9.78. The molecule has 1 unspecified atom stereocenters. The van der Waals surface area contributed by atoms with Gasteiger partial charge in [-0.05, 0) is 57.2 Å². The summed E-state index contributed by atoms with van der Waals surface area (Å²) in [5.41, 5.74) is 3.39. The Balaban J connectivity index is 1.62. The van der Waals surface area contributed by atoms with Crippen molar-refractivity contribution >= 4 is 11.2 Å². The predicted molar refractivity (Wildman–Crippen MR) is 98.3 cm³/mol. The summed E-state index contributed by atoms with van der Waals surface area (Å²) in [5.74, 6) is 1.94. The second-order valence-electron chi connectivity index (χ2n) is 7.75. The molecule has 0 bridgehead atoms. The van der Waals surface area contributed by atoms with Crippen LogP contribution in [0.3, 0.4) is 0 Å². The lowest BCUT2D eigenvalue weighted by atomic mass is 9.88. The maximum Gasteiger partial charge on any atom is 0.160 e. The molecular formula is C20H30N4. The maximum atomic E-state index is 5.04. The van der Waals surface area contributed by atoms with Crippen LogP contribution in [-0.2, 0) is 6.54 Å². The van der Waals surface area contributed by atoms with Gasteiger partial charge in [-0.1, -0.05) is 25.7 Å². The highest BCUT2D eigenvalue weighted by Gasteiger charge is 2.23. The molecule has 0 aromatic carbocycles. The van der Waals surface area contributed by atoms with Crippen molar-refractivity contribution in [2.24, 2.45) is 0 Å². The second kappa shape index (κ2) is 7.22. The van der Waals surface area contributed by atoms with E-state index >= 15 is 0 Å². The number of rotatable bonds is 4. The van der Waals surface area contributed by atoms with Crippen LogP contribution in [0.25, 0.3) is 11.2 Å². The van der Waals surface area contributed by atoms with Crippen LogP contribution < -0.4 is 5.32 Å². The van der Waals surface area contributed by atoms with E-state index in [1.165, 1.54) is 75.7 Å². The first-order valence-electron chi connectivity index (χ1n) is 9.87. The molecule has 0 spiro atoms. The molecule has 130 valence electrons. The lowest BCUT2D eigenvalue weighted by Gasteiger charge is -2.25. The van der Waals surface area contributed by atoms with Crippen molar-refractivity contribution in [3.63, 3.8) is 0 Å². The van der Waals surface area contributed by atoms with E-state index in [-0.39, 0.29) is 0 Å². The van der Waals surface area contributed by atoms with Crippen molar-refractivity contribution in [2.45, 2.75) is 83.2 Å². The van der Waals surface area contributed by atoms with Gasteiger partial charge >= 0.3 is 0 Å². The van der Waals surface area contributed by atoms with Crippen molar-refractivity contribution in [3.05, 3.63) is 23.7 Å². The van der Waals surface area contributed by atoms with Gasteiger partial charge in [0, 0.05) is 24.7 Å². The fourth-order valence-corrected chi connectivity index (χ4v) is 4.48. The van der Waals surface area contributed by atoms with Crippen LogP contribution in [0, 0.1) is 6.92 Å². The largest absolute Gasteiger partial charge is 0.314 e. The van der Waals surface area contributed by atoms with Gasteiger partial charge in [-0.2, -0.15) is 0 Å². The molecule has 2 aromatic rings. The molecule has 4 rings (SSSR count). The molecule has 1 saturated heterocycles. The Kier molecular flexibility index (Phi) is 4.83. The number of piperidine rings is 1. The maximum absolute atomic E-state index is 5.04. The molecule has 0 radical (unpaired) electrons. The van der Waals surface area contributed by atoms with E-state index in [4.69, 9.17) is 9.97 Å². The van der Waals surface area contributed by atoms with Gasteiger partial charge in [-0.15, -0.1) is 0 Å². The SMILES string of the molecule is Cc1cnc2c(c1)nc(C1CCCCC1)n2CCC1CCCCN1. The lowest BCUT2D eigenvalue weighted by Crippen LogP contribution is -2.34. The number of fused-ring (bicyclic) bond motifs is 1. The van der Waals surface area contributed by atoms with Gasteiger partial charge in [0.1, 0.15) is 11.3 Å². The summed E-state index contributed by atoms with van der Waals surface area (Å²) in [6, 6.07) is 2.87. The minimum atomic E-state index is 0.632. The van der Waals surface area contributed by atoms with Crippen LogP contribution in [0.4, 0.5) is 0 Å². The normalized spacial score (nSPS) is 23.0. The Labute approximate surface area is 145 Å². The van der Waals surface area contributed by atoms with E-state index in [2.05, 4.69) is 22.9 Å². The predicted octanol–water partition coefficient (Wildman–Crippen LogP) is 4.32. The zero-order valence-corrected chi connectivity index (χ0v) is 14.9. The monoisotopic (exact) mass is 326 g/mol.